The van der Waals surface area contributed by atoms with Gasteiger partial charge in [-0.15, -0.1) is 0 Å². The average Bonchev–Trinajstić information content (AvgIpc) is 3.04. The summed E-state index contributed by atoms with van der Waals surface area (Å²) in [6.07, 6.45) is 1.96. The maximum Gasteiger partial charge on any atom is 0.0955 e. The van der Waals surface area contributed by atoms with Crippen molar-refractivity contribution in [1.29, 1.82) is 0 Å². The summed E-state index contributed by atoms with van der Waals surface area (Å²) in [6.45, 7) is 4.52. The fourth-order valence-corrected chi connectivity index (χ4v) is 5.32. The fourth-order valence-electron chi connectivity index (χ4n) is 5.32. The minimum atomic E-state index is 1.08. The van der Waals surface area contributed by atoms with Crippen LogP contribution < -0.4 is 0 Å². The van der Waals surface area contributed by atoms with E-state index in [9.17, 15) is 0 Å². The van der Waals surface area contributed by atoms with E-state index in [4.69, 9.17) is 4.98 Å². The van der Waals surface area contributed by atoms with Crippen LogP contribution in [0.2, 0.25) is 0 Å². The van der Waals surface area contributed by atoms with Crippen LogP contribution in [-0.4, -0.2) is 9.38 Å². The minimum Gasteiger partial charge on any atom is -0.306 e. The minimum absolute atomic E-state index is 1.08. The maximum atomic E-state index is 4.89. The highest BCUT2D eigenvalue weighted by Gasteiger charge is 2.21. The van der Waals surface area contributed by atoms with Crippen molar-refractivity contribution in [3.8, 4) is 0 Å². The van der Waals surface area contributed by atoms with Gasteiger partial charge in [0, 0.05) is 27.7 Å². The molecule has 29 heavy (non-hydrogen) atoms. The molecule has 2 nitrogen and oxygen atoms in total. The zero-order valence-corrected chi connectivity index (χ0v) is 16.3. The molecule has 0 saturated heterocycles. The Balaban J connectivity index is 1.95. The number of hydrogen-bond donors (Lipinski definition) is 0. The lowest BCUT2D eigenvalue weighted by Gasteiger charge is -2.16. The van der Waals surface area contributed by atoms with E-state index in [1.54, 1.807) is 0 Å². The topological polar surface area (TPSA) is 17.3 Å². The summed E-state index contributed by atoms with van der Waals surface area (Å²) in [4.78, 5) is 4.89. The van der Waals surface area contributed by atoms with Crippen LogP contribution in [-0.2, 0) is 0 Å². The normalized spacial score (nSPS) is 12.5. The van der Waals surface area contributed by atoms with E-state index < -0.39 is 0 Å². The third kappa shape index (κ3) is 1.71. The van der Waals surface area contributed by atoms with Gasteiger partial charge in [0.05, 0.1) is 22.1 Å². The number of pyridine rings is 3. The second-order valence-corrected chi connectivity index (χ2v) is 8.13. The predicted molar refractivity (Wildman–Crippen MR) is 123 cm³/mol. The second-order valence-electron chi connectivity index (χ2n) is 8.13. The fraction of sp³-hybridized carbons (Fsp3) is 0.0741. The zero-order chi connectivity index (χ0) is 19.3. The smallest absolute Gasteiger partial charge is 0.0955 e. The highest BCUT2D eigenvalue weighted by Crippen LogP contribution is 2.42. The van der Waals surface area contributed by atoms with Crippen molar-refractivity contribution in [2.75, 3.05) is 0 Å². The highest BCUT2D eigenvalue weighted by atomic mass is 14.9. The lowest BCUT2D eigenvalue weighted by molar-refractivity contribution is 1.32. The number of benzene rings is 3. The van der Waals surface area contributed by atoms with E-state index in [2.05, 4.69) is 85.0 Å². The highest BCUT2D eigenvalue weighted by molar-refractivity contribution is 6.26. The molecule has 0 fully saturated rings. The third-order valence-electron chi connectivity index (χ3n) is 6.74. The summed E-state index contributed by atoms with van der Waals surface area (Å²) >= 11 is 0. The van der Waals surface area contributed by atoms with Crippen LogP contribution in [0.3, 0.4) is 0 Å². The molecule has 0 aliphatic heterocycles. The number of hydrogen-bond acceptors (Lipinski definition) is 1. The molecular weight excluding hydrogens is 352 g/mol. The Hall–Kier alpha value is -3.65. The molecule has 3 aromatic carbocycles. The number of fused-ring (bicyclic) bond motifs is 7. The Morgan fingerprint density at radius 3 is 1.93 bits per heavy atom. The first-order valence-corrected chi connectivity index (χ1v) is 10.1. The van der Waals surface area contributed by atoms with Crippen molar-refractivity contribution < 1.29 is 0 Å². The molecular formula is C27H18N2. The Morgan fingerprint density at radius 2 is 1.17 bits per heavy atom. The molecule has 0 aliphatic rings. The average molecular weight is 370 g/mol. The quantitative estimate of drug-likeness (QED) is 0.205. The summed E-state index contributed by atoms with van der Waals surface area (Å²) in [6, 6.07) is 24.2. The van der Waals surface area contributed by atoms with Gasteiger partial charge in [0.2, 0.25) is 0 Å². The van der Waals surface area contributed by atoms with Gasteiger partial charge in [0.1, 0.15) is 0 Å². The van der Waals surface area contributed by atoms with Gasteiger partial charge in [0.25, 0.3) is 0 Å². The van der Waals surface area contributed by atoms with Crippen molar-refractivity contribution in [3.05, 3.63) is 84.1 Å². The molecule has 0 N–H and O–H groups in total. The summed E-state index contributed by atoms with van der Waals surface area (Å²) in [5, 5.41) is 8.94. The molecule has 0 radical (unpaired) electrons. The molecule has 0 spiro atoms. The summed E-state index contributed by atoms with van der Waals surface area (Å²) in [7, 11) is 0. The van der Waals surface area contributed by atoms with Crippen LogP contribution in [0, 0.1) is 13.8 Å². The van der Waals surface area contributed by atoms with Crippen LogP contribution in [0.15, 0.2) is 72.9 Å². The third-order valence-corrected chi connectivity index (χ3v) is 6.74. The Bertz CT molecular complexity index is 1770. The van der Waals surface area contributed by atoms with Crippen molar-refractivity contribution in [3.63, 3.8) is 0 Å². The largest absolute Gasteiger partial charge is 0.306 e. The monoisotopic (exact) mass is 370 g/mol. The lowest BCUT2D eigenvalue weighted by atomic mass is 9.99. The van der Waals surface area contributed by atoms with Crippen LogP contribution in [0.5, 0.6) is 0 Å². The molecule has 0 bridgehead atoms. The van der Waals surface area contributed by atoms with Gasteiger partial charge in [-0.2, -0.15) is 0 Å². The van der Waals surface area contributed by atoms with E-state index in [1.807, 2.05) is 6.20 Å². The summed E-state index contributed by atoms with van der Waals surface area (Å²) in [5.74, 6) is 0. The van der Waals surface area contributed by atoms with Crippen LogP contribution >= 0.6 is 0 Å². The van der Waals surface area contributed by atoms with Gasteiger partial charge in [-0.05, 0) is 59.3 Å². The van der Waals surface area contributed by atoms with Crippen LogP contribution in [0.25, 0.3) is 59.8 Å². The SMILES string of the molecule is Cc1c(C)c2c3cc4ccccc4cc3c3nccc4c5ccccc5c1n2c43. The van der Waals surface area contributed by atoms with Crippen LogP contribution in [0.1, 0.15) is 11.1 Å². The summed E-state index contributed by atoms with van der Waals surface area (Å²) < 4.78 is 2.47. The predicted octanol–water partition coefficient (Wildman–Crippen LogP) is 7.15. The molecule has 0 aliphatic carbocycles. The first-order valence-electron chi connectivity index (χ1n) is 10.1. The second kappa shape index (κ2) is 5.03. The van der Waals surface area contributed by atoms with Gasteiger partial charge in [-0.3, -0.25) is 4.98 Å². The van der Waals surface area contributed by atoms with Gasteiger partial charge in [-0.1, -0.05) is 48.5 Å². The molecule has 0 saturated carbocycles. The van der Waals surface area contributed by atoms with Crippen molar-refractivity contribution in [2.24, 2.45) is 0 Å². The Morgan fingerprint density at radius 1 is 0.586 bits per heavy atom. The molecule has 0 atom stereocenters. The van der Waals surface area contributed by atoms with Crippen LogP contribution in [0.4, 0.5) is 0 Å². The number of nitrogens with zero attached hydrogens (tertiary/aromatic N) is 2. The van der Waals surface area contributed by atoms with Gasteiger partial charge < -0.3 is 4.40 Å². The molecule has 0 unspecified atom stereocenters. The van der Waals surface area contributed by atoms with Crippen molar-refractivity contribution in [2.45, 2.75) is 13.8 Å². The molecule has 2 heteroatoms. The standard InChI is InChI=1S/C27H18N2/c1-15-16(2)26-23-14-18-8-4-3-7-17(18)13-22(23)24-27-21(11-12-28-24)19-9-5-6-10-20(19)25(15)29(26)27/h3-14H,1-2H3. The molecule has 4 heterocycles. The molecule has 136 valence electrons. The van der Waals surface area contributed by atoms with E-state index >= 15 is 0 Å². The van der Waals surface area contributed by atoms with Gasteiger partial charge in [-0.25, -0.2) is 0 Å². The summed E-state index contributed by atoms with van der Waals surface area (Å²) in [5.41, 5.74) is 7.66. The van der Waals surface area contributed by atoms with E-state index in [0.717, 1.165) is 5.52 Å². The van der Waals surface area contributed by atoms with Gasteiger partial charge in [0.15, 0.2) is 0 Å². The van der Waals surface area contributed by atoms with Gasteiger partial charge >= 0.3 is 0 Å². The Labute approximate surface area is 167 Å². The molecule has 7 aromatic rings. The number of rotatable bonds is 0. The van der Waals surface area contributed by atoms with Crippen molar-refractivity contribution in [1.82, 2.24) is 9.38 Å². The zero-order valence-electron chi connectivity index (χ0n) is 16.3. The molecule has 0 amide bonds. The molecule has 4 aromatic heterocycles. The lowest BCUT2D eigenvalue weighted by Crippen LogP contribution is -1.97. The Kier molecular flexibility index (Phi) is 2.66. The maximum absolute atomic E-state index is 4.89. The van der Waals surface area contributed by atoms with E-state index in [0.29, 0.717) is 0 Å². The van der Waals surface area contributed by atoms with E-state index in [1.165, 1.54) is 65.4 Å². The first kappa shape index (κ1) is 15.3. The van der Waals surface area contributed by atoms with Crippen molar-refractivity contribution >= 4 is 59.8 Å². The number of aryl methyl sites for hydroxylation is 2. The molecule has 7 rings (SSSR count). The number of aromatic nitrogens is 2. The first-order chi connectivity index (χ1) is 14.2. The van der Waals surface area contributed by atoms with E-state index in [-0.39, 0.29) is 0 Å².